The molecule has 1 aliphatic rings. The zero-order valence-corrected chi connectivity index (χ0v) is 12.2. The van der Waals surface area contributed by atoms with Gasteiger partial charge in [0, 0.05) is 29.7 Å². The van der Waals surface area contributed by atoms with E-state index in [9.17, 15) is 4.39 Å². The monoisotopic (exact) mass is 319 g/mol. The molecule has 98 valence electrons. The summed E-state index contributed by atoms with van der Waals surface area (Å²) in [7, 11) is 0. The highest BCUT2D eigenvalue weighted by molar-refractivity contribution is 9.08. The number of anilines is 1. The lowest BCUT2D eigenvalue weighted by atomic mass is 9.99. The number of hydrogen-bond acceptors (Lipinski definition) is 1. The van der Waals surface area contributed by atoms with E-state index in [-0.39, 0.29) is 5.82 Å². The summed E-state index contributed by atoms with van der Waals surface area (Å²) in [5.74, 6) is -0.131. The Bertz CT molecular complexity index is 597. The van der Waals surface area contributed by atoms with Crippen molar-refractivity contribution in [2.45, 2.75) is 18.3 Å². The van der Waals surface area contributed by atoms with E-state index in [4.69, 9.17) is 0 Å². The zero-order valence-electron chi connectivity index (χ0n) is 10.6. The number of hydrogen-bond donors (Lipinski definition) is 0. The highest BCUT2D eigenvalue weighted by atomic mass is 79.9. The fourth-order valence-corrected chi connectivity index (χ4v) is 3.23. The van der Waals surface area contributed by atoms with E-state index in [1.807, 2.05) is 6.07 Å². The molecule has 2 aromatic carbocycles. The highest BCUT2D eigenvalue weighted by Crippen LogP contribution is 2.30. The van der Waals surface area contributed by atoms with Crippen molar-refractivity contribution in [2.24, 2.45) is 0 Å². The molecule has 3 rings (SSSR count). The predicted octanol–water partition coefficient (Wildman–Crippen LogP) is 4.28. The Balaban J connectivity index is 1.95. The highest BCUT2D eigenvalue weighted by Gasteiger charge is 2.19. The van der Waals surface area contributed by atoms with Gasteiger partial charge in [-0.2, -0.15) is 0 Å². The molecule has 19 heavy (non-hydrogen) atoms. The molecular weight excluding hydrogens is 305 g/mol. The summed E-state index contributed by atoms with van der Waals surface area (Å²) in [4.78, 5) is 2.27. The molecule has 2 aromatic rings. The molecule has 0 saturated heterocycles. The Hall–Kier alpha value is -1.35. The molecule has 0 aliphatic carbocycles. The Morgan fingerprint density at radius 3 is 2.63 bits per heavy atom. The molecule has 0 bridgehead atoms. The third kappa shape index (κ3) is 2.39. The van der Waals surface area contributed by atoms with Crippen molar-refractivity contribution >= 4 is 21.6 Å². The summed E-state index contributed by atoms with van der Waals surface area (Å²) >= 11 is 3.39. The second-order valence-electron chi connectivity index (χ2n) is 4.81. The Morgan fingerprint density at radius 1 is 1.05 bits per heavy atom. The molecule has 0 N–H and O–H groups in total. The lowest BCUT2D eigenvalue weighted by Gasteiger charge is -2.32. The Labute approximate surface area is 121 Å². The number of benzene rings is 2. The van der Waals surface area contributed by atoms with Crippen molar-refractivity contribution in [2.75, 3.05) is 11.4 Å². The number of nitrogens with zero attached hydrogens (tertiary/aromatic N) is 1. The van der Waals surface area contributed by atoms with Gasteiger partial charge in [0.2, 0.25) is 0 Å². The van der Waals surface area contributed by atoms with E-state index in [2.05, 4.69) is 45.1 Å². The van der Waals surface area contributed by atoms with Gasteiger partial charge in [-0.15, -0.1) is 0 Å². The number of fused-ring (bicyclic) bond motifs is 1. The number of alkyl halides is 1. The number of halogens is 2. The van der Waals surface area contributed by atoms with Crippen LogP contribution in [-0.2, 0) is 18.3 Å². The molecule has 3 heteroatoms. The van der Waals surface area contributed by atoms with Crippen LogP contribution in [0.2, 0.25) is 0 Å². The first kappa shape index (κ1) is 12.7. The molecule has 0 fully saturated rings. The first-order valence-corrected chi connectivity index (χ1v) is 7.57. The summed E-state index contributed by atoms with van der Waals surface area (Å²) in [6.45, 7) is 1.81. The minimum Gasteiger partial charge on any atom is -0.367 e. The van der Waals surface area contributed by atoms with Gasteiger partial charge in [0.25, 0.3) is 0 Å². The van der Waals surface area contributed by atoms with E-state index in [0.717, 1.165) is 30.8 Å². The minimum absolute atomic E-state index is 0.131. The van der Waals surface area contributed by atoms with Crippen molar-refractivity contribution in [3.63, 3.8) is 0 Å². The Morgan fingerprint density at radius 2 is 1.84 bits per heavy atom. The van der Waals surface area contributed by atoms with Crippen molar-refractivity contribution in [3.8, 4) is 0 Å². The molecule has 0 saturated carbocycles. The van der Waals surface area contributed by atoms with Crippen LogP contribution in [0.15, 0.2) is 42.5 Å². The maximum atomic E-state index is 13.8. The van der Waals surface area contributed by atoms with Gasteiger partial charge in [-0.05, 0) is 29.7 Å². The molecule has 1 heterocycles. The second kappa shape index (κ2) is 5.33. The summed E-state index contributed by atoms with van der Waals surface area (Å²) in [6, 6.07) is 13.8. The van der Waals surface area contributed by atoms with E-state index >= 15 is 0 Å². The van der Waals surface area contributed by atoms with Crippen molar-refractivity contribution in [1.82, 2.24) is 0 Å². The third-order valence-corrected chi connectivity index (χ3v) is 4.26. The molecule has 1 aliphatic heterocycles. The van der Waals surface area contributed by atoms with Crippen LogP contribution < -0.4 is 4.90 Å². The average Bonchev–Trinajstić information content (AvgIpc) is 2.46. The standard InChI is InChI=1S/C16H15BrFN/c17-10-14-15(18)6-3-7-16(14)19-9-8-12-4-1-2-5-13(12)11-19/h1-7H,8-11H2. The van der Waals surface area contributed by atoms with Gasteiger partial charge in [-0.3, -0.25) is 0 Å². The summed E-state index contributed by atoms with van der Waals surface area (Å²) in [5, 5.41) is 0.549. The predicted molar refractivity (Wildman–Crippen MR) is 80.2 cm³/mol. The molecule has 0 aromatic heterocycles. The van der Waals surface area contributed by atoms with Crippen LogP contribution in [0, 0.1) is 5.82 Å². The lowest BCUT2D eigenvalue weighted by molar-refractivity contribution is 0.614. The fraction of sp³-hybridized carbons (Fsp3) is 0.250. The van der Waals surface area contributed by atoms with Crippen LogP contribution in [0.1, 0.15) is 16.7 Å². The van der Waals surface area contributed by atoms with Crippen LogP contribution in [0.4, 0.5) is 10.1 Å². The summed E-state index contributed by atoms with van der Waals surface area (Å²) in [5.41, 5.74) is 4.52. The topological polar surface area (TPSA) is 3.24 Å². The van der Waals surface area contributed by atoms with Crippen molar-refractivity contribution < 1.29 is 4.39 Å². The maximum absolute atomic E-state index is 13.8. The van der Waals surface area contributed by atoms with Crippen molar-refractivity contribution in [1.29, 1.82) is 0 Å². The second-order valence-corrected chi connectivity index (χ2v) is 5.37. The van der Waals surface area contributed by atoms with Crippen LogP contribution in [0.25, 0.3) is 0 Å². The van der Waals surface area contributed by atoms with E-state index < -0.39 is 0 Å². The molecule has 1 nitrogen and oxygen atoms in total. The van der Waals surface area contributed by atoms with Gasteiger partial charge in [0.15, 0.2) is 0 Å². The summed E-state index contributed by atoms with van der Waals surface area (Å²) < 4.78 is 13.8. The van der Waals surface area contributed by atoms with Gasteiger partial charge in [-0.25, -0.2) is 4.39 Å². The van der Waals surface area contributed by atoms with E-state index in [0.29, 0.717) is 5.33 Å². The maximum Gasteiger partial charge on any atom is 0.129 e. The summed E-state index contributed by atoms with van der Waals surface area (Å²) in [6.07, 6.45) is 1.02. The average molecular weight is 320 g/mol. The SMILES string of the molecule is Fc1cccc(N2CCc3ccccc3C2)c1CBr. The molecule has 0 amide bonds. The molecule has 0 spiro atoms. The first-order chi connectivity index (χ1) is 9.29. The van der Waals surface area contributed by atoms with Gasteiger partial charge in [0.1, 0.15) is 5.82 Å². The van der Waals surface area contributed by atoms with Gasteiger partial charge in [0.05, 0.1) is 0 Å². The van der Waals surface area contributed by atoms with Gasteiger partial charge < -0.3 is 4.90 Å². The smallest absolute Gasteiger partial charge is 0.129 e. The quantitative estimate of drug-likeness (QED) is 0.747. The van der Waals surface area contributed by atoms with Gasteiger partial charge >= 0.3 is 0 Å². The fourth-order valence-electron chi connectivity index (χ4n) is 2.68. The third-order valence-electron chi connectivity index (χ3n) is 3.70. The van der Waals surface area contributed by atoms with Crippen molar-refractivity contribution in [3.05, 3.63) is 65.0 Å². The number of rotatable bonds is 2. The van der Waals surface area contributed by atoms with Gasteiger partial charge in [-0.1, -0.05) is 46.3 Å². The van der Waals surface area contributed by atoms with E-state index in [1.165, 1.54) is 17.2 Å². The van der Waals surface area contributed by atoms with Crippen LogP contribution in [0.5, 0.6) is 0 Å². The van der Waals surface area contributed by atoms with Crippen LogP contribution in [0.3, 0.4) is 0 Å². The van der Waals surface area contributed by atoms with E-state index in [1.54, 1.807) is 6.07 Å². The van der Waals surface area contributed by atoms with Crippen LogP contribution >= 0.6 is 15.9 Å². The lowest BCUT2D eigenvalue weighted by Crippen LogP contribution is -2.31. The largest absolute Gasteiger partial charge is 0.367 e. The molecule has 0 unspecified atom stereocenters. The first-order valence-electron chi connectivity index (χ1n) is 6.44. The normalized spacial score (nSPS) is 14.3. The molecule has 0 radical (unpaired) electrons. The molecular formula is C16H15BrFN. The zero-order chi connectivity index (χ0) is 13.2. The molecule has 0 atom stereocenters. The van der Waals surface area contributed by atoms with Crippen LogP contribution in [-0.4, -0.2) is 6.54 Å². The Kier molecular flexibility index (Phi) is 3.56. The minimum atomic E-state index is -0.131.